The average molecular weight is 440 g/mol. The summed E-state index contributed by atoms with van der Waals surface area (Å²) in [5, 5.41) is 3.04. The van der Waals surface area contributed by atoms with Crippen molar-refractivity contribution in [2.45, 2.75) is 39.2 Å². The number of carbonyl (C=O) groups is 1. The number of benzene rings is 1. The van der Waals surface area contributed by atoms with Crippen molar-refractivity contribution in [2.75, 3.05) is 51.4 Å². The molecule has 0 unspecified atom stereocenters. The van der Waals surface area contributed by atoms with E-state index in [2.05, 4.69) is 23.2 Å². The number of nitrogens with zero attached hydrogens (tertiary/aromatic N) is 4. The molecule has 1 saturated heterocycles. The second kappa shape index (κ2) is 10.6. The second-order valence-corrected chi connectivity index (χ2v) is 8.27. The fourth-order valence-electron chi connectivity index (χ4n) is 4.18. The van der Waals surface area contributed by atoms with Gasteiger partial charge in [-0.3, -0.25) is 0 Å². The highest BCUT2D eigenvalue weighted by Gasteiger charge is 2.28. The van der Waals surface area contributed by atoms with E-state index < -0.39 is 0 Å². The van der Waals surface area contributed by atoms with E-state index in [4.69, 9.17) is 19.4 Å². The Morgan fingerprint density at radius 1 is 1.22 bits per heavy atom. The normalized spacial score (nSPS) is 15.9. The number of fused-ring (bicyclic) bond motifs is 1. The summed E-state index contributed by atoms with van der Waals surface area (Å²) in [5.41, 5.74) is 3.24. The lowest BCUT2D eigenvalue weighted by molar-refractivity contribution is 0.122. The van der Waals surface area contributed by atoms with Crippen LogP contribution in [-0.4, -0.2) is 67.4 Å². The first-order valence-corrected chi connectivity index (χ1v) is 11.5. The van der Waals surface area contributed by atoms with Crippen LogP contribution in [0.15, 0.2) is 24.3 Å². The van der Waals surface area contributed by atoms with Gasteiger partial charge in [-0.2, -0.15) is 0 Å². The summed E-state index contributed by atoms with van der Waals surface area (Å²) in [4.78, 5) is 26.7. The molecule has 3 heterocycles. The van der Waals surface area contributed by atoms with E-state index in [9.17, 15) is 4.79 Å². The molecule has 8 heteroatoms. The van der Waals surface area contributed by atoms with Crippen molar-refractivity contribution in [1.29, 1.82) is 0 Å². The summed E-state index contributed by atoms with van der Waals surface area (Å²) in [7, 11) is 1.68. The highest BCUT2D eigenvalue weighted by molar-refractivity contribution is 5.75. The third-order valence-electron chi connectivity index (χ3n) is 5.99. The van der Waals surface area contributed by atoms with Gasteiger partial charge in [0, 0.05) is 44.6 Å². The molecule has 2 aliphatic rings. The van der Waals surface area contributed by atoms with E-state index in [1.165, 1.54) is 0 Å². The molecule has 172 valence electrons. The molecule has 2 aliphatic heterocycles. The number of urea groups is 1. The lowest BCUT2D eigenvalue weighted by Gasteiger charge is -2.34. The van der Waals surface area contributed by atoms with Crippen molar-refractivity contribution < 1.29 is 14.3 Å². The first-order valence-electron chi connectivity index (χ1n) is 11.5. The summed E-state index contributed by atoms with van der Waals surface area (Å²) >= 11 is 0. The van der Waals surface area contributed by atoms with Crippen molar-refractivity contribution in [3.63, 3.8) is 0 Å². The van der Waals surface area contributed by atoms with Gasteiger partial charge in [0.25, 0.3) is 0 Å². The minimum atomic E-state index is -0.00233. The Balaban J connectivity index is 1.60. The Hall–Kier alpha value is -2.87. The fourth-order valence-corrected chi connectivity index (χ4v) is 4.18. The molecule has 0 saturated carbocycles. The summed E-state index contributed by atoms with van der Waals surface area (Å²) in [6.07, 6.45) is 3.44. The van der Waals surface area contributed by atoms with Gasteiger partial charge in [0.15, 0.2) is 0 Å². The number of amides is 2. The van der Waals surface area contributed by atoms with E-state index in [0.717, 1.165) is 66.6 Å². The predicted octanol–water partition coefficient (Wildman–Crippen LogP) is 2.78. The molecule has 8 nitrogen and oxygen atoms in total. The number of hydrogen-bond donors (Lipinski definition) is 1. The third kappa shape index (κ3) is 5.30. The standard InChI is InChI=1S/C24H33N5O3/c1-3-4-9-25-24(30)29-10-8-21-20(17-29)23(28-11-13-32-14-12-28)27-22(26-21)16-18-6-5-7-19(15-18)31-2/h5-7,15H,3-4,8-14,16-17H2,1-2H3,(H,25,30). The Kier molecular flexibility index (Phi) is 7.42. The number of carbonyl (C=O) groups excluding carboxylic acids is 1. The van der Waals surface area contributed by atoms with Gasteiger partial charge < -0.3 is 24.6 Å². The van der Waals surface area contributed by atoms with E-state index in [-0.39, 0.29) is 6.03 Å². The molecule has 32 heavy (non-hydrogen) atoms. The molecule has 2 amide bonds. The van der Waals surface area contributed by atoms with E-state index in [1.54, 1.807) is 7.11 Å². The minimum absolute atomic E-state index is 0.00233. The van der Waals surface area contributed by atoms with Gasteiger partial charge in [0.1, 0.15) is 17.4 Å². The van der Waals surface area contributed by atoms with Crippen molar-refractivity contribution >= 4 is 11.8 Å². The van der Waals surface area contributed by atoms with Gasteiger partial charge >= 0.3 is 6.03 Å². The molecular weight excluding hydrogens is 406 g/mol. The minimum Gasteiger partial charge on any atom is -0.497 e. The van der Waals surface area contributed by atoms with E-state index in [0.29, 0.717) is 39.3 Å². The molecule has 1 N–H and O–H groups in total. The monoisotopic (exact) mass is 439 g/mol. The Morgan fingerprint density at radius 2 is 2.06 bits per heavy atom. The fraction of sp³-hybridized carbons (Fsp3) is 0.542. The van der Waals surface area contributed by atoms with Crippen LogP contribution in [0.3, 0.4) is 0 Å². The Labute approximate surface area is 189 Å². The number of anilines is 1. The molecule has 2 aromatic rings. The number of methoxy groups -OCH3 is 1. The van der Waals surface area contributed by atoms with Crippen LogP contribution < -0.4 is 15.0 Å². The molecule has 0 atom stereocenters. The maximum Gasteiger partial charge on any atom is 0.317 e. The SMILES string of the molecule is CCCCNC(=O)N1CCc2nc(Cc3cccc(OC)c3)nc(N3CCOCC3)c2C1. The van der Waals surface area contributed by atoms with Gasteiger partial charge in [-0.1, -0.05) is 25.5 Å². The van der Waals surface area contributed by atoms with Gasteiger partial charge in [-0.25, -0.2) is 14.8 Å². The number of nitrogens with one attached hydrogen (secondary N) is 1. The lowest BCUT2D eigenvalue weighted by atomic mass is 10.0. The molecule has 4 rings (SSSR count). The Bertz CT molecular complexity index is 930. The maximum atomic E-state index is 12.7. The van der Waals surface area contributed by atoms with Crippen LogP contribution in [0.2, 0.25) is 0 Å². The number of rotatable bonds is 7. The van der Waals surface area contributed by atoms with E-state index >= 15 is 0 Å². The van der Waals surface area contributed by atoms with Gasteiger partial charge in [-0.05, 0) is 24.1 Å². The first-order chi connectivity index (χ1) is 15.7. The largest absolute Gasteiger partial charge is 0.497 e. The van der Waals surface area contributed by atoms with Gasteiger partial charge in [-0.15, -0.1) is 0 Å². The summed E-state index contributed by atoms with van der Waals surface area (Å²) in [6, 6.07) is 8.03. The van der Waals surface area contributed by atoms with Crippen molar-refractivity contribution in [2.24, 2.45) is 0 Å². The smallest absolute Gasteiger partial charge is 0.317 e. The molecule has 0 aliphatic carbocycles. The van der Waals surface area contributed by atoms with Crippen LogP contribution in [0.1, 0.15) is 42.4 Å². The summed E-state index contributed by atoms with van der Waals surface area (Å²) in [6.45, 7) is 7.01. The topological polar surface area (TPSA) is 79.8 Å². The number of aromatic nitrogens is 2. The van der Waals surface area contributed by atoms with Crippen LogP contribution in [-0.2, 0) is 24.1 Å². The van der Waals surface area contributed by atoms with Crippen molar-refractivity contribution in [1.82, 2.24) is 20.2 Å². The first kappa shape index (κ1) is 22.3. The van der Waals surface area contributed by atoms with Crippen molar-refractivity contribution in [3.05, 3.63) is 46.9 Å². The van der Waals surface area contributed by atoms with Crippen LogP contribution in [0.5, 0.6) is 5.75 Å². The zero-order chi connectivity index (χ0) is 22.3. The second-order valence-electron chi connectivity index (χ2n) is 8.27. The summed E-state index contributed by atoms with van der Waals surface area (Å²) in [5.74, 6) is 2.58. The van der Waals surface area contributed by atoms with Crippen LogP contribution in [0.25, 0.3) is 0 Å². The lowest BCUT2D eigenvalue weighted by Crippen LogP contribution is -2.45. The molecule has 1 fully saturated rings. The highest BCUT2D eigenvalue weighted by Crippen LogP contribution is 2.28. The molecule has 0 bridgehead atoms. The maximum absolute atomic E-state index is 12.7. The van der Waals surface area contributed by atoms with E-state index in [1.807, 2.05) is 23.1 Å². The molecule has 1 aromatic heterocycles. The number of morpholine rings is 1. The number of ether oxygens (including phenoxy) is 2. The van der Waals surface area contributed by atoms with Gasteiger partial charge in [0.2, 0.25) is 0 Å². The summed E-state index contributed by atoms with van der Waals surface area (Å²) < 4.78 is 10.9. The van der Waals surface area contributed by atoms with Crippen molar-refractivity contribution in [3.8, 4) is 5.75 Å². The molecular formula is C24H33N5O3. The zero-order valence-electron chi connectivity index (χ0n) is 19.1. The average Bonchev–Trinajstić information content (AvgIpc) is 2.84. The molecule has 0 radical (unpaired) electrons. The highest BCUT2D eigenvalue weighted by atomic mass is 16.5. The number of hydrogen-bond acceptors (Lipinski definition) is 6. The zero-order valence-corrected chi connectivity index (χ0v) is 19.1. The third-order valence-corrected chi connectivity index (χ3v) is 5.99. The molecule has 1 aromatic carbocycles. The Morgan fingerprint density at radius 3 is 2.84 bits per heavy atom. The van der Waals surface area contributed by atoms with Crippen LogP contribution in [0.4, 0.5) is 10.6 Å². The predicted molar refractivity (Wildman–Crippen MR) is 123 cm³/mol. The quantitative estimate of drug-likeness (QED) is 0.669. The van der Waals surface area contributed by atoms with Crippen LogP contribution >= 0.6 is 0 Å². The van der Waals surface area contributed by atoms with Crippen LogP contribution in [0, 0.1) is 0 Å². The van der Waals surface area contributed by atoms with Gasteiger partial charge in [0.05, 0.1) is 32.6 Å². The molecule has 0 spiro atoms. The number of unbranched alkanes of at least 4 members (excludes halogenated alkanes) is 1.